The van der Waals surface area contributed by atoms with E-state index in [1.807, 2.05) is 0 Å². The number of nitrogens with one attached hydrogen (secondary N) is 1. The van der Waals surface area contributed by atoms with Gasteiger partial charge in [-0.2, -0.15) is 0 Å². The summed E-state index contributed by atoms with van der Waals surface area (Å²) in [7, 11) is -2.79. The molecule has 2 rings (SSSR count). The minimum absolute atomic E-state index is 0.173. The fraction of sp³-hybridized carbons (Fsp3) is 0.462. The lowest BCUT2D eigenvalue weighted by Gasteiger charge is -2.10. The number of esters is 1. The van der Waals surface area contributed by atoms with Crippen molar-refractivity contribution in [1.29, 1.82) is 0 Å². The average Bonchev–Trinajstić information content (AvgIpc) is 3.21. The van der Waals surface area contributed by atoms with Gasteiger partial charge in [0.1, 0.15) is 5.82 Å². The quantitative estimate of drug-likeness (QED) is 0.812. The molecule has 5 nitrogen and oxygen atoms in total. The molecule has 20 heavy (non-hydrogen) atoms. The Morgan fingerprint density at radius 2 is 2.15 bits per heavy atom. The van der Waals surface area contributed by atoms with Gasteiger partial charge in [0, 0.05) is 6.54 Å². The Balaban J connectivity index is 2.23. The summed E-state index contributed by atoms with van der Waals surface area (Å²) >= 11 is 0. The summed E-state index contributed by atoms with van der Waals surface area (Å²) in [5.74, 6) is -0.960. The normalized spacial score (nSPS) is 15.1. The van der Waals surface area contributed by atoms with Gasteiger partial charge in [-0.1, -0.05) is 12.8 Å². The van der Waals surface area contributed by atoms with Crippen molar-refractivity contribution in [2.75, 3.05) is 13.7 Å². The first-order valence-corrected chi connectivity index (χ1v) is 7.80. The van der Waals surface area contributed by atoms with Crippen molar-refractivity contribution >= 4 is 16.0 Å². The molecule has 1 aromatic rings. The maximum Gasteiger partial charge on any atom is 0.339 e. The van der Waals surface area contributed by atoms with Crippen LogP contribution in [0.3, 0.4) is 0 Å². The summed E-state index contributed by atoms with van der Waals surface area (Å²) in [6.45, 7) is 0.282. The molecule has 0 radical (unpaired) electrons. The van der Waals surface area contributed by atoms with Crippen molar-refractivity contribution in [3.05, 3.63) is 29.6 Å². The average molecular weight is 301 g/mol. The van der Waals surface area contributed by atoms with Crippen LogP contribution in [0.2, 0.25) is 0 Å². The van der Waals surface area contributed by atoms with Crippen LogP contribution in [0.5, 0.6) is 0 Å². The molecule has 110 valence electrons. The largest absolute Gasteiger partial charge is 0.465 e. The number of ether oxygens (including phenoxy) is 1. The Morgan fingerprint density at radius 1 is 1.45 bits per heavy atom. The van der Waals surface area contributed by atoms with Crippen LogP contribution in [-0.2, 0) is 14.8 Å². The Kier molecular flexibility index (Phi) is 4.39. The summed E-state index contributed by atoms with van der Waals surface area (Å²) in [5.41, 5.74) is -0.173. The monoisotopic (exact) mass is 301 g/mol. The minimum Gasteiger partial charge on any atom is -0.465 e. The number of methoxy groups -OCH3 is 1. The molecule has 0 saturated heterocycles. The van der Waals surface area contributed by atoms with Gasteiger partial charge in [-0.3, -0.25) is 0 Å². The Labute approximate surface area is 117 Å². The lowest BCUT2D eigenvalue weighted by Crippen LogP contribution is -2.27. The van der Waals surface area contributed by atoms with Gasteiger partial charge in [-0.15, -0.1) is 0 Å². The number of carbonyl (C=O) groups is 1. The second-order valence-corrected chi connectivity index (χ2v) is 6.50. The van der Waals surface area contributed by atoms with E-state index >= 15 is 0 Å². The zero-order valence-corrected chi connectivity index (χ0v) is 11.9. The maximum atomic E-state index is 13.3. The van der Waals surface area contributed by atoms with Gasteiger partial charge in [-0.25, -0.2) is 22.3 Å². The molecule has 0 unspecified atom stereocenters. The molecule has 0 heterocycles. The standard InChI is InChI=1S/C13H16FNO4S/c1-19-13(16)11-5-4-10(14)8-12(11)20(17,18)15-7-6-9-2-3-9/h4-5,8-9,15H,2-3,6-7H2,1H3. The van der Waals surface area contributed by atoms with E-state index in [1.54, 1.807) is 0 Å². The maximum absolute atomic E-state index is 13.3. The van der Waals surface area contributed by atoms with Crippen LogP contribution in [0.15, 0.2) is 23.1 Å². The van der Waals surface area contributed by atoms with E-state index in [0.717, 1.165) is 44.6 Å². The van der Waals surface area contributed by atoms with Crippen LogP contribution >= 0.6 is 0 Å². The number of halogens is 1. The van der Waals surface area contributed by atoms with Crippen LogP contribution in [0.25, 0.3) is 0 Å². The fourth-order valence-electron chi connectivity index (χ4n) is 1.88. The first kappa shape index (κ1) is 14.9. The van der Waals surface area contributed by atoms with Crippen LogP contribution in [-0.4, -0.2) is 28.0 Å². The lowest BCUT2D eigenvalue weighted by atomic mass is 10.2. The molecule has 1 fully saturated rings. The first-order chi connectivity index (χ1) is 9.44. The zero-order chi connectivity index (χ0) is 14.8. The summed E-state index contributed by atoms with van der Waals surface area (Å²) < 4.78 is 44.4. The summed E-state index contributed by atoms with van der Waals surface area (Å²) in [5, 5.41) is 0. The number of hydrogen-bond donors (Lipinski definition) is 1. The van der Waals surface area contributed by atoms with Crippen LogP contribution < -0.4 is 4.72 Å². The Bertz CT molecular complexity index is 611. The van der Waals surface area contributed by atoms with E-state index in [2.05, 4.69) is 9.46 Å². The van der Waals surface area contributed by atoms with Crippen molar-refractivity contribution < 1.29 is 22.3 Å². The molecule has 1 aliphatic rings. The lowest BCUT2D eigenvalue weighted by molar-refractivity contribution is 0.0596. The molecule has 1 aromatic carbocycles. The highest BCUT2D eigenvalue weighted by Crippen LogP contribution is 2.31. The smallest absolute Gasteiger partial charge is 0.339 e. The zero-order valence-electron chi connectivity index (χ0n) is 11.1. The van der Waals surface area contributed by atoms with Crippen molar-refractivity contribution in [1.82, 2.24) is 4.72 Å². The van der Waals surface area contributed by atoms with E-state index in [4.69, 9.17) is 0 Å². The highest BCUT2D eigenvalue weighted by atomic mass is 32.2. The van der Waals surface area contributed by atoms with Gasteiger partial charge >= 0.3 is 5.97 Å². The van der Waals surface area contributed by atoms with Gasteiger partial charge in [-0.05, 0) is 30.5 Å². The number of benzene rings is 1. The summed E-state index contributed by atoms with van der Waals surface area (Å²) in [6.07, 6.45) is 2.99. The number of sulfonamides is 1. The molecule has 0 atom stereocenters. The molecular weight excluding hydrogens is 285 g/mol. The highest BCUT2D eigenvalue weighted by Gasteiger charge is 2.25. The fourth-order valence-corrected chi connectivity index (χ4v) is 3.13. The van der Waals surface area contributed by atoms with Crippen LogP contribution in [0.4, 0.5) is 4.39 Å². The second kappa shape index (κ2) is 5.88. The van der Waals surface area contributed by atoms with E-state index < -0.39 is 21.8 Å². The van der Waals surface area contributed by atoms with Crippen LogP contribution in [0, 0.1) is 11.7 Å². The van der Waals surface area contributed by atoms with E-state index in [1.165, 1.54) is 0 Å². The topological polar surface area (TPSA) is 72.5 Å². The highest BCUT2D eigenvalue weighted by molar-refractivity contribution is 7.89. The summed E-state index contributed by atoms with van der Waals surface area (Å²) in [6, 6.07) is 2.96. The van der Waals surface area contributed by atoms with Gasteiger partial charge in [0.2, 0.25) is 10.0 Å². The van der Waals surface area contributed by atoms with Gasteiger partial charge in [0.15, 0.2) is 0 Å². The van der Waals surface area contributed by atoms with E-state index in [-0.39, 0.29) is 17.0 Å². The molecular formula is C13H16FNO4S. The van der Waals surface area contributed by atoms with Gasteiger partial charge < -0.3 is 4.74 Å². The molecule has 7 heteroatoms. The molecule has 1 aliphatic carbocycles. The molecule has 0 bridgehead atoms. The molecule has 0 spiro atoms. The predicted octanol–water partition coefficient (Wildman–Crippen LogP) is 1.69. The summed E-state index contributed by atoms with van der Waals surface area (Å²) in [4.78, 5) is 11.2. The van der Waals surface area contributed by atoms with E-state index in [0.29, 0.717) is 5.92 Å². The number of hydrogen-bond acceptors (Lipinski definition) is 4. The van der Waals surface area contributed by atoms with Crippen molar-refractivity contribution in [2.45, 2.75) is 24.2 Å². The van der Waals surface area contributed by atoms with Gasteiger partial charge in [0.25, 0.3) is 0 Å². The number of rotatable bonds is 6. The molecule has 0 amide bonds. The molecule has 1 saturated carbocycles. The Hall–Kier alpha value is -1.47. The van der Waals surface area contributed by atoms with E-state index in [9.17, 15) is 17.6 Å². The Morgan fingerprint density at radius 3 is 2.75 bits per heavy atom. The van der Waals surface area contributed by atoms with Crippen molar-refractivity contribution in [3.63, 3.8) is 0 Å². The third-order valence-corrected chi connectivity index (χ3v) is 4.68. The van der Waals surface area contributed by atoms with Gasteiger partial charge in [0.05, 0.1) is 17.6 Å². The predicted molar refractivity (Wildman–Crippen MR) is 70.3 cm³/mol. The molecule has 1 N–H and O–H groups in total. The third-order valence-electron chi connectivity index (χ3n) is 3.18. The number of carbonyl (C=O) groups excluding carboxylic acids is 1. The third kappa shape index (κ3) is 3.55. The minimum atomic E-state index is -3.93. The van der Waals surface area contributed by atoms with Crippen molar-refractivity contribution in [2.24, 2.45) is 5.92 Å². The van der Waals surface area contributed by atoms with Crippen LogP contribution in [0.1, 0.15) is 29.6 Å². The van der Waals surface area contributed by atoms with Crippen molar-refractivity contribution in [3.8, 4) is 0 Å². The molecule has 0 aliphatic heterocycles. The first-order valence-electron chi connectivity index (χ1n) is 6.31. The SMILES string of the molecule is COC(=O)c1ccc(F)cc1S(=O)(=O)NCCC1CC1. The molecule has 0 aromatic heterocycles. The second-order valence-electron chi connectivity index (χ2n) is 4.76.